The Morgan fingerprint density at radius 1 is 1.61 bits per heavy atom. The molecule has 1 aromatic rings. The standard InChI is InChI=1S/C13H17NO4/c1-9-10(4-2-6-17-9)13(16)14-11(8-15)12-5-3-7-18-12/h3,5,7,11,15H,2,4,6,8H2,1H3,(H,14,16). The van der Waals surface area contributed by atoms with Crippen molar-refractivity contribution in [3.05, 3.63) is 35.5 Å². The zero-order valence-corrected chi connectivity index (χ0v) is 10.3. The van der Waals surface area contributed by atoms with Gasteiger partial charge in [-0.3, -0.25) is 4.79 Å². The average Bonchev–Trinajstić information content (AvgIpc) is 2.90. The number of carbonyl (C=O) groups excluding carboxylic acids is 1. The molecular formula is C13H17NO4. The van der Waals surface area contributed by atoms with E-state index in [1.807, 2.05) is 0 Å². The predicted octanol–water partition coefficient (Wildman–Crippen LogP) is 1.51. The number of aliphatic hydroxyl groups excluding tert-OH is 1. The van der Waals surface area contributed by atoms with Crippen LogP contribution in [-0.2, 0) is 9.53 Å². The largest absolute Gasteiger partial charge is 0.498 e. The first-order valence-corrected chi connectivity index (χ1v) is 6.00. The van der Waals surface area contributed by atoms with E-state index in [2.05, 4.69) is 5.32 Å². The van der Waals surface area contributed by atoms with E-state index in [1.165, 1.54) is 6.26 Å². The number of ether oxygens (including phenoxy) is 1. The van der Waals surface area contributed by atoms with Gasteiger partial charge in [-0.15, -0.1) is 0 Å². The number of rotatable bonds is 4. The molecule has 0 spiro atoms. The molecule has 5 nitrogen and oxygen atoms in total. The first-order chi connectivity index (χ1) is 8.72. The Balaban J connectivity index is 2.06. The highest BCUT2D eigenvalue weighted by Gasteiger charge is 2.22. The third-order valence-corrected chi connectivity index (χ3v) is 2.96. The van der Waals surface area contributed by atoms with Crippen molar-refractivity contribution in [2.45, 2.75) is 25.8 Å². The molecule has 5 heteroatoms. The smallest absolute Gasteiger partial charge is 0.251 e. The van der Waals surface area contributed by atoms with Gasteiger partial charge in [-0.05, 0) is 31.9 Å². The second-order valence-corrected chi connectivity index (χ2v) is 4.21. The summed E-state index contributed by atoms with van der Waals surface area (Å²) in [6.45, 7) is 2.24. The molecule has 1 unspecified atom stereocenters. The van der Waals surface area contributed by atoms with Gasteiger partial charge in [0.25, 0.3) is 5.91 Å². The van der Waals surface area contributed by atoms with Crippen LogP contribution in [0.25, 0.3) is 0 Å². The Morgan fingerprint density at radius 3 is 3.06 bits per heavy atom. The zero-order valence-electron chi connectivity index (χ0n) is 10.3. The van der Waals surface area contributed by atoms with Gasteiger partial charge in [0.05, 0.1) is 25.1 Å². The molecule has 1 aliphatic rings. The molecule has 2 N–H and O–H groups in total. The van der Waals surface area contributed by atoms with E-state index in [4.69, 9.17) is 9.15 Å². The van der Waals surface area contributed by atoms with Crippen LogP contribution in [0.15, 0.2) is 34.1 Å². The van der Waals surface area contributed by atoms with Gasteiger partial charge in [-0.25, -0.2) is 0 Å². The zero-order chi connectivity index (χ0) is 13.0. The second-order valence-electron chi connectivity index (χ2n) is 4.21. The number of nitrogens with one attached hydrogen (secondary N) is 1. The highest BCUT2D eigenvalue weighted by atomic mass is 16.5. The quantitative estimate of drug-likeness (QED) is 0.851. The SMILES string of the molecule is CC1=C(C(=O)NC(CO)c2ccco2)CCCO1. The Hall–Kier alpha value is -1.75. The fourth-order valence-corrected chi connectivity index (χ4v) is 1.95. The summed E-state index contributed by atoms with van der Waals surface area (Å²) < 4.78 is 10.5. The molecular weight excluding hydrogens is 234 g/mol. The summed E-state index contributed by atoms with van der Waals surface area (Å²) in [5, 5.41) is 12.0. The maximum Gasteiger partial charge on any atom is 0.251 e. The maximum atomic E-state index is 12.1. The van der Waals surface area contributed by atoms with Crippen LogP contribution in [0.4, 0.5) is 0 Å². The summed E-state index contributed by atoms with van der Waals surface area (Å²) in [7, 11) is 0. The molecule has 98 valence electrons. The van der Waals surface area contributed by atoms with E-state index in [0.29, 0.717) is 30.1 Å². The van der Waals surface area contributed by atoms with Crippen LogP contribution in [0.1, 0.15) is 31.6 Å². The molecule has 0 saturated carbocycles. The summed E-state index contributed by atoms with van der Waals surface area (Å²) in [6.07, 6.45) is 3.05. The van der Waals surface area contributed by atoms with Crippen molar-refractivity contribution in [3.63, 3.8) is 0 Å². The first-order valence-electron chi connectivity index (χ1n) is 6.00. The van der Waals surface area contributed by atoms with Gasteiger partial charge in [-0.2, -0.15) is 0 Å². The van der Waals surface area contributed by atoms with Gasteiger partial charge in [-0.1, -0.05) is 0 Å². The fourth-order valence-electron chi connectivity index (χ4n) is 1.95. The van der Waals surface area contributed by atoms with E-state index in [-0.39, 0.29) is 12.5 Å². The molecule has 18 heavy (non-hydrogen) atoms. The Kier molecular flexibility index (Phi) is 4.04. The monoisotopic (exact) mass is 251 g/mol. The van der Waals surface area contributed by atoms with Gasteiger partial charge < -0.3 is 19.6 Å². The Bertz CT molecular complexity index is 436. The molecule has 1 aromatic heterocycles. The van der Waals surface area contributed by atoms with Crippen molar-refractivity contribution in [1.82, 2.24) is 5.32 Å². The van der Waals surface area contributed by atoms with Crippen LogP contribution in [0.3, 0.4) is 0 Å². The van der Waals surface area contributed by atoms with Crippen molar-refractivity contribution >= 4 is 5.91 Å². The van der Waals surface area contributed by atoms with Gasteiger partial charge in [0.2, 0.25) is 0 Å². The van der Waals surface area contributed by atoms with Crippen LogP contribution < -0.4 is 5.32 Å². The molecule has 0 bridgehead atoms. The number of furan rings is 1. The van der Waals surface area contributed by atoms with Gasteiger partial charge in [0, 0.05) is 0 Å². The summed E-state index contributed by atoms with van der Waals surface area (Å²) in [5.41, 5.74) is 0.645. The van der Waals surface area contributed by atoms with E-state index < -0.39 is 6.04 Å². The van der Waals surface area contributed by atoms with Crippen molar-refractivity contribution in [3.8, 4) is 0 Å². The van der Waals surface area contributed by atoms with Gasteiger partial charge >= 0.3 is 0 Å². The van der Waals surface area contributed by atoms with Crippen LogP contribution in [0.5, 0.6) is 0 Å². The third kappa shape index (κ3) is 2.73. The molecule has 0 radical (unpaired) electrons. The minimum absolute atomic E-state index is 0.202. The van der Waals surface area contributed by atoms with Crippen LogP contribution in [0, 0.1) is 0 Å². The normalized spacial score (nSPS) is 17.2. The van der Waals surface area contributed by atoms with Crippen LogP contribution in [0.2, 0.25) is 0 Å². The molecule has 0 aliphatic carbocycles. The molecule has 1 aliphatic heterocycles. The summed E-state index contributed by atoms with van der Waals surface area (Å²) in [5.74, 6) is 0.998. The number of hydrogen-bond acceptors (Lipinski definition) is 4. The molecule has 0 aromatic carbocycles. The fraction of sp³-hybridized carbons (Fsp3) is 0.462. The minimum Gasteiger partial charge on any atom is -0.498 e. The lowest BCUT2D eigenvalue weighted by atomic mass is 10.1. The number of allylic oxidation sites excluding steroid dienone is 1. The van der Waals surface area contributed by atoms with Crippen LogP contribution >= 0.6 is 0 Å². The third-order valence-electron chi connectivity index (χ3n) is 2.96. The summed E-state index contributed by atoms with van der Waals surface area (Å²) >= 11 is 0. The molecule has 1 atom stereocenters. The summed E-state index contributed by atoms with van der Waals surface area (Å²) in [6, 6.07) is 2.92. The predicted molar refractivity (Wildman–Crippen MR) is 64.6 cm³/mol. The van der Waals surface area contributed by atoms with Crippen molar-refractivity contribution in [2.75, 3.05) is 13.2 Å². The maximum absolute atomic E-state index is 12.1. The van der Waals surface area contributed by atoms with Crippen molar-refractivity contribution in [2.24, 2.45) is 0 Å². The lowest BCUT2D eigenvalue weighted by molar-refractivity contribution is -0.119. The molecule has 1 amide bonds. The lowest BCUT2D eigenvalue weighted by Crippen LogP contribution is -2.33. The average molecular weight is 251 g/mol. The van der Waals surface area contributed by atoms with E-state index in [9.17, 15) is 9.90 Å². The number of hydrogen-bond donors (Lipinski definition) is 2. The van der Waals surface area contributed by atoms with E-state index >= 15 is 0 Å². The lowest BCUT2D eigenvalue weighted by Gasteiger charge is -2.20. The molecule has 2 heterocycles. The first kappa shape index (κ1) is 12.7. The Morgan fingerprint density at radius 2 is 2.44 bits per heavy atom. The van der Waals surface area contributed by atoms with Crippen LogP contribution in [-0.4, -0.2) is 24.2 Å². The van der Waals surface area contributed by atoms with Crippen molar-refractivity contribution in [1.29, 1.82) is 0 Å². The minimum atomic E-state index is -0.519. The Labute approximate surface area is 105 Å². The number of aliphatic hydroxyl groups is 1. The summed E-state index contributed by atoms with van der Waals surface area (Å²) in [4.78, 5) is 12.1. The van der Waals surface area contributed by atoms with E-state index in [1.54, 1.807) is 19.1 Å². The molecule has 0 saturated heterocycles. The highest BCUT2D eigenvalue weighted by Crippen LogP contribution is 2.20. The topological polar surface area (TPSA) is 71.7 Å². The molecule has 2 rings (SSSR count). The van der Waals surface area contributed by atoms with Crippen molar-refractivity contribution < 1.29 is 19.1 Å². The second kappa shape index (κ2) is 5.73. The highest BCUT2D eigenvalue weighted by molar-refractivity contribution is 5.94. The molecule has 0 fully saturated rings. The number of carbonyl (C=O) groups is 1. The van der Waals surface area contributed by atoms with E-state index in [0.717, 1.165) is 6.42 Å². The van der Waals surface area contributed by atoms with Gasteiger partial charge in [0.15, 0.2) is 0 Å². The number of amides is 1. The van der Waals surface area contributed by atoms with Gasteiger partial charge in [0.1, 0.15) is 17.6 Å².